The molecule has 0 bridgehead atoms. The summed E-state index contributed by atoms with van der Waals surface area (Å²) < 4.78 is 11.7. The molecule has 0 fully saturated rings. The van der Waals surface area contributed by atoms with Crippen molar-refractivity contribution in [2.75, 3.05) is 13.2 Å². The summed E-state index contributed by atoms with van der Waals surface area (Å²) in [5, 5.41) is 3.31. The highest BCUT2D eigenvalue weighted by Gasteiger charge is 2.05. The predicted molar refractivity (Wildman–Crippen MR) is 52.1 cm³/mol. The highest BCUT2D eigenvalue weighted by molar-refractivity contribution is 4.63. The van der Waals surface area contributed by atoms with Gasteiger partial charge in [0.25, 0.3) is 0 Å². The Morgan fingerprint density at radius 1 is 1.33 bits per heavy atom. The molecule has 0 aliphatic rings. The van der Waals surface area contributed by atoms with Crippen molar-refractivity contribution in [3.05, 3.63) is 0 Å². The Hall–Kier alpha value is -0.110. The van der Waals surface area contributed by atoms with Gasteiger partial charge >= 0.3 is 0 Å². The lowest BCUT2D eigenvalue weighted by molar-refractivity contribution is 0.394. The molecule has 12 heavy (non-hydrogen) atoms. The number of nitrogens with one attached hydrogen (secondary N) is 1. The van der Waals surface area contributed by atoms with E-state index in [1.54, 1.807) is 0 Å². The second-order valence-corrected chi connectivity index (χ2v) is 3.65. The van der Waals surface area contributed by atoms with Crippen molar-refractivity contribution in [3.8, 4) is 0 Å². The number of alkyl halides is 1. The molecule has 0 spiro atoms. The van der Waals surface area contributed by atoms with E-state index in [-0.39, 0.29) is 6.67 Å². The molecule has 0 aromatic heterocycles. The molecule has 0 aromatic carbocycles. The molecule has 0 heterocycles. The first-order valence-corrected chi connectivity index (χ1v) is 5.00. The van der Waals surface area contributed by atoms with Crippen LogP contribution in [-0.4, -0.2) is 19.3 Å². The summed E-state index contributed by atoms with van der Waals surface area (Å²) in [5.74, 6) is 0.776. The van der Waals surface area contributed by atoms with Gasteiger partial charge in [0.05, 0.1) is 6.67 Å². The molecule has 0 rings (SSSR count). The molecule has 2 unspecified atom stereocenters. The summed E-state index contributed by atoms with van der Waals surface area (Å²) in [4.78, 5) is 0. The fourth-order valence-electron chi connectivity index (χ4n) is 1.27. The van der Waals surface area contributed by atoms with Crippen LogP contribution in [-0.2, 0) is 0 Å². The van der Waals surface area contributed by atoms with Gasteiger partial charge in [0, 0.05) is 6.04 Å². The van der Waals surface area contributed by atoms with Gasteiger partial charge in [0.15, 0.2) is 0 Å². The van der Waals surface area contributed by atoms with Crippen molar-refractivity contribution in [2.45, 2.75) is 46.1 Å². The smallest absolute Gasteiger partial charge is 0.0906 e. The Balaban J connectivity index is 3.26. The van der Waals surface area contributed by atoms with Crippen molar-refractivity contribution in [3.63, 3.8) is 0 Å². The van der Waals surface area contributed by atoms with E-state index in [1.165, 1.54) is 12.8 Å². The maximum atomic E-state index is 11.7. The first-order valence-electron chi connectivity index (χ1n) is 5.00. The van der Waals surface area contributed by atoms with Gasteiger partial charge in [0.1, 0.15) is 0 Å². The van der Waals surface area contributed by atoms with Gasteiger partial charge in [-0.3, -0.25) is 4.39 Å². The highest BCUT2D eigenvalue weighted by Crippen LogP contribution is 2.08. The Kier molecular flexibility index (Phi) is 7.47. The standard InChI is InChI=1S/C10H22FN/c1-4-9(2)8-10(3)12-7-5-6-11/h9-10,12H,4-8H2,1-3H3. The molecule has 0 aliphatic heterocycles. The molecule has 2 heteroatoms. The fourth-order valence-corrected chi connectivity index (χ4v) is 1.27. The predicted octanol–water partition coefficient (Wildman–Crippen LogP) is 2.76. The van der Waals surface area contributed by atoms with E-state index in [2.05, 4.69) is 26.1 Å². The van der Waals surface area contributed by atoms with Crippen LogP contribution >= 0.6 is 0 Å². The van der Waals surface area contributed by atoms with Gasteiger partial charge in [0.2, 0.25) is 0 Å². The lowest BCUT2D eigenvalue weighted by Crippen LogP contribution is -2.28. The van der Waals surface area contributed by atoms with Gasteiger partial charge in [-0.15, -0.1) is 0 Å². The van der Waals surface area contributed by atoms with E-state index in [4.69, 9.17) is 0 Å². The molecule has 2 atom stereocenters. The normalized spacial score (nSPS) is 16.0. The second-order valence-electron chi connectivity index (χ2n) is 3.65. The minimum Gasteiger partial charge on any atom is -0.314 e. The molecule has 0 amide bonds. The zero-order valence-electron chi connectivity index (χ0n) is 8.57. The average Bonchev–Trinajstić information content (AvgIpc) is 2.05. The molecule has 1 N–H and O–H groups in total. The summed E-state index contributed by atoms with van der Waals surface area (Å²) >= 11 is 0. The Bertz CT molecular complexity index is 95.8. The van der Waals surface area contributed by atoms with Crippen molar-refractivity contribution in [2.24, 2.45) is 5.92 Å². The third-order valence-corrected chi connectivity index (χ3v) is 2.26. The van der Waals surface area contributed by atoms with Crippen LogP contribution in [0.4, 0.5) is 4.39 Å². The number of hydrogen-bond donors (Lipinski definition) is 1. The quantitative estimate of drug-likeness (QED) is 0.587. The second kappa shape index (κ2) is 7.53. The maximum Gasteiger partial charge on any atom is 0.0906 e. The molecule has 0 radical (unpaired) electrons. The average molecular weight is 175 g/mol. The van der Waals surface area contributed by atoms with Crippen LogP contribution in [0, 0.1) is 5.92 Å². The maximum absolute atomic E-state index is 11.7. The summed E-state index contributed by atoms with van der Waals surface area (Å²) in [5.41, 5.74) is 0. The van der Waals surface area contributed by atoms with Gasteiger partial charge in [-0.05, 0) is 32.2 Å². The van der Waals surface area contributed by atoms with Crippen LogP contribution in [0.15, 0.2) is 0 Å². The molecule has 0 saturated heterocycles. The van der Waals surface area contributed by atoms with Crippen molar-refractivity contribution in [1.29, 1.82) is 0 Å². The van der Waals surface area contributed by atoms with Crippen molar-refractivity contribution >= 4 is 0 Å². The molecule has 0 aromatic rings. The van der Waals surface area contributed by atoms with Crippen LogP contribution in [0.1, 0.15) is 40.0 Å². The van der Waals surface area contributed by atoms with Crippen LogP contribution in [0.2, 0.25) is 0 Å². The van der Waals surface area contributed by atoms with E-state index in [0.717, 1.165) is 12.5 Å². The summed E-state index contributed by atoms with van der Waals surface area (Å²) in [6, 6.07) is 0.534. The fraction of sp³-hybridized carbons (Fsp3) is 1.00. The third kappa shape index (κ3) is 6.59. The highest BCUT2D eigenvalue weighted by atomic mass is 19.1. The lowest BCUT2D eigenvalue weighted by Gasteiger charge is -2.16. The number of halogens is 1. The summed E-state index contributed by atoms with van der Waals surface area (Å²) in [6.07, 6.45) is 3.07. The number of hydrogen-bond acceptors (Lipinski definition) is 1. The topological polar surface area (TPSA) is 12.0 Å². The summed E-state index contributed by atoms with van der Waals surface area (Å²) in [6.45, 7) is 7.24. The van der Waals surface area contributed by atoms with Crippen LogP contribution in [0.3, 0.4) is 0 Å². The monoisotopic (exact) mass is 175 g/mol. The lowest BCUT2D eigenvalue weighted by atomic mass is 10.0. The molecular formula is C10H22FN. The zero-order chi connectivity index (χ0) is 9.40. The SMILES string of the molecule is CCC(C)CC(C)NCCCF. The Morgan fingerprint density at radius 3 is 2.50 bits per heavy atom. The van der Waals surface area contributed by atoms with E-state index in [0.29, 0.717) is 12.5 Å². The first kappa shape index (κ1) is 11.9. The molecule has 0 saturated carbocycles. The Morgan fingerprint density at radius 2 is 2.00 bits per heavy atom. The van der Waals surface area contributed by atoms with Gasteiger partial charge in [-0.1, -0.05) is 20.3 Å². The van der Waals surface area contributed by atoms with E-state index >= 15 is 0 Å². The molecule has 1 nitrogen and oxygen atoms in total. The van der Waals surface area contributed by atoms with Crippen LogP contribution < -0.4 is 5.32 Å². The minimum absolute atomic E-state index is 0.205. The van der Waals surface area contributed by atoms with Crippen molar-refractivity contribution in [1.82, 2.24) is 5.32 Å². The Labute approximate surface area is 75.7 Å². The van der Waals surface area contributed by atoms with E-state index in [1.807, 2.05) is 0 Å². The van der Waals surface area contributed by atoms with E-state index < -0.39 is 0 Å². The molecule has 0 aliphatic carbocycles. The van der Waals surface area contributed by atoms with E-state index in [9.17, 15) is 4.39 Å². The minimum atomic E-state index is -0.205. The molecule has 74 valence electrons. The molecular weight excluding hydrogens is 153 g/mol. The van der Waals surface area contributed by atoms with Gasteiger partial charge in [-0.25, -0.2) is 0 Å². The van der Waals surface area contributed by atoms with Crippen LogP contribution in [0.25, 0.3) is 0 Å². The summed E-state index contributed by atoms with van der Waals surface area (Å²) in [7, 11) is 0. The zero-order valence-corrected chi connectivity index (χ0v) is 8.57. The number of rotatable bonds is 7. The third-order valence-electron chi connectivity index (χ3n) is 2.26. The largest absolute Gasteiger partial charge is 0.314 e. The van der Waals surface area contributed by atoms with Gasteiger partial charge in [-0.2, -0.15) is 0 Å². The van der Waals surface area contributed by atoms with Crippen LogP contribution in [0.5, 0.6) is 0 Å². The first-order chi connectivity index (χ1) is 5.70. The van der Waals surface area contributed by atoms with Crippen molar-refractivity contribution < 1.29 is 4.39 Å². The van der Waals surface area contributed by atoms with Gasteiger partial charge < -0.3 is 5.32 Å².